The van der Waals surface area contributed by atoms with Crippen LogP contribution in [-0.2, 0) is 5.75 Å². The van der Waals surface area contributed by atoms with E-state index >= 15 is 0 Å². The average Bonchev–Trinajstić information content (AvgIpc) is 2.33. The molecule has 0 aromatic heterocycles. The topological polar surface area (TPSA) is 26.0 Å². The summed E-state index contributed by atoms with van der Waals surface area (Å²) in [4.78, 5) is 0.866. The third-order valence-electron chi connectivity index (χ3n) is 2.37. The van der Waals surface area contributed by atoms with Crippen molar-refractivity contribution < 1.29 is 4.39 Å². The van der Waals surface area contributed by atoms with E-state index in [0.717, 1.165) is 4.90 Å². The lowest BCUT2D eigenvalue weighted by atomic mass is 10.2. The van der Waals surface area contributed by atoms with Gasteiger partial charge in [-0.3, -0.25) is 0 Å². The van der Waals surface area contributed by atoms with E-state index in [-0.39, 0.29) is 10.8 Å². The van der Waals surface area contributed by atoms with Crippen LogP contribution in [0, 0.1) is 5.82 Å². The first-order chi connectivity index (χ1) is 8.58. The lowest BCUT2D eigenvalue weighted by Gasteiger charge is -2.06. The monoisotopic (exact) mass is 301 g/mol. The number of nitrogen functional groups attached to an aromatic ring is 1. The highest BCUT2D eigenvalue weighted by Gasteiger charge is 2.08. The largest absolute Gasteiger partial charge is 0.399 e. The van der Waals surface area contributed by atoms with E-state index in [4.69, 9.17) is 28.9 Å². The van der Waals surface area contributed by atoms with Gasteiger partial charge in [-0.1, -0.05) is 35.3 Å². The summed E-state index contributed by atoms with van der Waals surface area (Å²) >= 11 is 13.2. The molecule has 2 N–H and O–H groups in total. The van der Waals surface area contributed by atoms with Crippen LogP contribution in [0.3, 0.4) is 0 Å². The number of rotatable bonds is 3. The molecular weight excluding hydrogens is 292 g/mol. The lowest BCUT2D eigenvalue weighted by molar-refractivity contribution is 0.618. The van der Waals surface area contributed by atoms with Crippen LogP contribution in [0.2, 0.25) is 10.0 Å². The smallest absolute Gasteiger partial charge is 0.145 e. The van der Waals surface area contributed by atoms with Crippen LogP contribution >= 0.6 is 35.0 Å². The standard InChI is InChI=1S/C13H10Cl2FNS/c14-10-3-1-2-8(13(10)16)7-18-12-5-4-9(17)6-11(12)15/h1-6H,7,17H2. The van der Waals surface area contributed by atoms with E-state index in [1.165, 1.54) is 17.8 Å². The molecule has 0 bridgehead atoms. The van der Waals surface area contributed by atoms with Gasteiger partial charge >= 0.3 is 0 Å². The fourth-order valence-electron chi connectivity index (χ4n) is 1.45. The zero-order valence-electron chi connectivity index (χ0n) is 9.29. The summed E-state index contributed by atoms with van der Waals surface area (Å²) in [5.74, 6) is 0.0917. The molecular formula is C13H10Cl2FNS. The first-order valence-electron chi connectivity index (χ1n) is 5.18. The molecule has 0 aliphatic rings. The Morgan fingerprint density at radius 1 is 1.11 bits per heavy atom. The van der Waals surface area contributed by atoms with Crippen molar-refractivity contribution in [2.24, 2.45) is 0 Å². The van der Waals surface area contributed by atoms with Crippen molar-refractivity contribution >= 4 is 40.7 Å². The minimum absolute atomic E-state index is 0.136. The zero-order valence-corrected chi connectivity index (χ0v) is 11.6. The number of hydrogen-bond donors (Lipinski definition) is 1. The summed E-state index contributed by atoms with van der Waals surface area (Å²) in [5.41, 5.74) is 6.77. The summed E-state index contributed by atoms with van der Waals surface area (Å²) in [6.45, 7) is 0. The van der Waals surface area contributed by atoms with Gasteiger partial charge in [0.1, 0.15) is 5.82 Å². The van der Waals surface area contributed by atoms with Crippen LogP contribution in [0.5, 0.6) is 0 Å². The molecule has 2 rings (SSSR count). The second-order valence-corrected chi connectivity index (χ2v) is 5.52. The molecule has 0 spiro atoms. The number of anilines is 1. The van der Waals surface area contributed by atoms with E-state index in [1.807, 2.05) is 6.07 Å². The number of halogens is 3. The highest BCUT2D eigenvalue weighted by molar-refractivity contribution is 7.98. The van der Waals surface area contributed by atoms with Crippen molar-refractivity contribution in [2.75, 3.05) is 5.73 Å². The molecule has 5 heteroatoms. The van der Waals surface area contributed by atoms with E-state index in [9.17, 15) is 4.39 Å². The number of hydrogen-bond acceptors (Lipinski definition) is 2. The second kappa shape index (κ2) is 5.83. The van der Waals surface area contributed by atoms with Gasteiger partial charge in [0.15, 0.2) is 0 Å². The summed E-state index contributed by atoms with van der Waals surface area (Å²) < 4.78 is 13.7. The first-order valence-corrected chi connectivity index (χ1v) is 6.93. The molecule has 0 aliphatic carbocycles. The molecule has 2 aromatic carbocycles. The van der Waals surface area contributed by atoms with E-state index < -0.39 is 0 Å². The maximum atomic E-state index is 13.7. The van der Waals surface area contributed by atoms with Crippen LogP contribution < -0.4 is 5.73 Å². The quantitative estimate of drug-likeness (QED) is 0.637. The van der Waals surface area contributed by atoms with Crippen molar-refractivity contribution in [1.82, 2.24) is 0 Å². The van der Waals surface area contributed by atoms with Gasteiger partial charge < -0.3 is 5.73 Å². The fourth-order valence-corrected chi connectivity index (χ4v) is 2.89. The van der Waals surface area contributed by atoms with Crippen LogP contribution in [0.1, 0.15) is 5.56 Å². The molecule has 94 valence electrons. The molecule has 0 aliphatic heterocycles. The van der Waals surface area contributed by atoms with Gasteiger partial charge in [-0.05, 0) is 29.8 Å². The zero-order chi connectivity index (χ0) is 13.1. The molecule has 0 amide bonds. The molecule has 18 heavy (non-hydrogen) atoms. The highest BCUT2D eigenvalue weighted by atomic mass is 35.5. The summed E-state index contributed by atoms with van der Waals surface area (Å²) in [6.07, 6.45) is 0. The van der Waals surface area contributed by atoms with Crippen LogP contribution in [0.15, 0.2) is 41.3 Å². The van der Waals surface area contributed by atoms with Crippen molar-refractivity contribution in [3.8, 4) is 0 Å². The van der Waals surface area contributed by atoms with Gasteiger partial charge in [-0.15, -0.1) is 11.8 Å². The number of benzene rings is 2. The molecule has 0 fully saturated rings. The normalized spacial score (nSPS) is 10.6. The molecule has 0 heterocycles. The maximum Gasteiger partial charge on any atom is 0.145 e. The Morgan fingerprint density at radius 2 is 1.89 bits per heavy atom. The first kappa shape index (κ1) is 13.5. The van der Waals surface area contributed by atoms with Crippen molar-refractivity contribution in [1.29, 1.82) is 0 Å². The van der Waals surface area contributed by atoms with Gasteiger partial charge in [-0.25, -0.2) is 4.39 Å². The predicted octanol–water partition coefficient (Wildman–Crippen LogP) is 5.01. The van der Waals surface area contributed by atoms with E-state index in [1.54, 1.807) is 24.3 Å². The Balaban J connectivity index is 2.14. The lowest BCUT2D eigenvalue weighted by Crippen LogP contribution is -1.89. The Hall–Kier alpha value is -0.900. The molecule has 1 nitrogen and oxygen atoms in total. The van der Waals surface area contributed by atoms with Crippen molar-refractivity contribution in [3.05, 3.63) is 57.8 Å². The van der Waals surface area contributed by atoms with Gasteiger partial charge in [0, 0.05) is 16.3 Å². The summed E-state index contributed by atoms with van der Waals surface area (Å²) in [6, 6.07) is 10.2. The maximum absolute atomic E-state index is 13.7. The third kappa shape index (κ3) is 3.10. The average molecular weight is 302 g/mol. The number of nitrogens with two attached hydrogens (primary N) is 1. The van der Waals surface area contributed by atoms with Crippen molar-refractivity contribution in [3.63, 3.8) is 0 Å². The molecule has 0 saturated carbocycles. The van der Waals surface area contributed by atoms with Gasteiger partial charge in [-0.2, -0.15) is 0 Å². The highest BCUT2D eigenvalue weighted by Crippen LogP contribution is 2.32. The Labute approximate surface area is 119 Å². The van der Waals surface area contributed by atoms with Gasteiger partial charge in [0.2, 0.25) is 0 Å². The van der Waals surface area contributed by atoms with Crippen LogP contribution in [-0.4, -0.2) is 0 Å². The summed E-state index contributed by atoms with van der Waals surface area (Å²) in [5, 5.41) is 0.707. The SMILES string of the molecule is Nc1ccc(SCc2cccc(Cl)c2F)c(Cl)c1. The van der Waals surface area contributed by atoms with Crippen LogP contribution in [0.25, 0.3) is 0 Å². The molecule has 0 unspecified atom stereocenters. The molecule has 0 saturated heterocycles. The Kier molecular flexibility index (Phi) is 4.38. The predicted molar refractivity (Wildman–Crippen MR) is 76.8 cm³/mol. The summed E-state index contributed by atoms with van der Waals surface area (Å²) in [7, 11) is 0. The molecule has 2 aromatic rings. The van der Waals surface area contributed by atoms with Gasteiger partial charge in [0.25, 0.3) is 0 Å². The number of thioether (sulfide) groups is 1. The van der Waals surface area contributed by atoms with Gasteiger partial charge in [0.05, 0.1) is 10.0 Å². The van der Waals surface area contributed by atoms with Crippen LogP contribution in [0.4, 0.5) is 10.1 Å². The third-order valence-corrected chi connectivity index (χ3v) is 4.21. The second-order valence-electron chi connectivity index (χ2n) is 3.69. The van der Waals surface area contributed by atoms with E-state index in [2.05, 4.69) is 0 Å². The molecule has 0 atom stereocenters. The molecule has 0 radical (unpaired) electrons. The minimum atomic E-state index is -0.377. The van der Waals surface area contributed by atoms with Crippen molar-refractivity contribution in [2.45, 2.75) is 10.6 Å². The Morgan fingerprint density at radius 3 is 2.61 bits per heavy atom. The fraction of sp³-hybridized carbons (Fsp3) is 0.0769. The van der Waals surface area contributed by atoms with E-state index in [0.29, 0.717) is 22.0 Å². The Bertz CT molecular complexity index is 575. The minimum Gasteiger partial charge on any atom is -0.399 e.